The molecule has 1 N–H and O–H groups in total. The minimum Gasteiger partial charge on any atom is -0.310 e. The number of hydrogen-bond acceptors (Lipinski definition) is 1. The normalized spacial score (nSPS) is 24.3. The van der Waals surface area contributed by atoms with Gasteiger partial charge in [-0.05, 0) is 60.5 Å². The van der Waals surface area contributed by atoms with Crippen molar-refractivity contribution in [1.29, 1.82) is 0 Å². The van der Waals surface area contributed by atoms with Crippen molar-refractivity contribution < 1.29 is 0 Å². The molecule has 2 aliphatic rings. The van der Waals surface area contributed by atoms with Gasteiger partial charge in [0, 0.05) is 6.04 Å². The fraction of sp³-hybridized carbons (Fsp3) is 0.333. The molecule has 19 heavy (non-hydrogen) atoms. The molecule has 1 nitrogen and oxygen atoms in total. The van der Waals surface area contributed by atoms with E-state index in [0.717, 1.165) is 5.92 Å². The first-order valence-electron chi connectivity index (χ1n) is 7.25. The van der Waals surface area contributed by atoms with E-state index in [9.17, 15) is 0 Å². The SMILES string of the molecule is Cc1ccc(-c2ccc3c(c2)[C@@H]2C[C@H]3CCN2)cc1. The Hall–Kier alpha value is -1.60. The standard InChI is InChI=1S/C18H19N/c1-12-2-4-13(5-3-12)14-6-7-16-15-8-9-19-18(11-15)17(16)10-14/h2-7,10,15,18-19H,8-9,11H2,1H3/t15-,18+/m1/s1. The summed E-state index contributed by atoms with van der Waals surface area (Å²) in [4.78, 5) is 0. The molecule has 0 spiro atoms. The van der Waals surface area contributed by atoms with Gasteiger partial charge in [0.15, 0.2) is 0 Å². The predicted molar refractivity (Wildman–Crippen MR) is 79.3 cm³/mol. The van der Waals surface area contributed by atoms with E-state index in [4.69, 9.17) is 0 Å². The monoisotopic (exact) mass is 249 g/mol. The molecule has 4 rings (SSSR count). The van der Waals surface area contributed by atoms with Crippen LogP contribution in [0.25, 0.3) is 11.1 Å². The van der Waals surface area contributed by atoms with Gasteiger partial charge in [-0.2, -0.15) is 0 Å². The highest BCUT2D eigenvalue weighted by atomic mass is 14.9. The van der Waals surface area contributed by atoms with Gasteiger partial charge >= 0.3 is 0 Å². The summed E-state index contributed by atoms with van der Waals surface area (Å²) in [5.41, 5.74) is 7.14. The van der Waals surface area contributed by atoms with Gasteiger partial charge in [0.05, 0.1) is 0 Å². The zero-order valence-corrected chi connectivity index (χ0v) is 11.3. The number of hydrogen-bond donors (Lipinski definition) is 1. The average Bonchev–Trinajstić information content (AvgIpc) is 2.71. The molecule has 0 aromatic heterocycles. The molecule has 1 saturated heterocycles. The van der Waals surface area contributed by atoms with E-state index >= 15 is 0 Å². The number of fused-ring (bicyclic) bond motifs is 5. The molecule has 96 valence electrons. The number of aryl methyl sites for hydroxylation is 1. The van der Waals surface area contributed by atoms with Crippen LogP contribution >= 0.6 is 0 Å². The van der Waals surface area contributed by atoms with E-state index in [0.29, 0.717) is 6.04 Å². The topological polar surface area (TPSA) is 12.0 Å². The third-order valence-electron chi connectivity index (χ3n) is 4.69. The van der Waals surface area contributed by atoms with Crippen molar-refractivity contribution in [2.75, 3.05) is 6.54 Å². The van der Waals surface area contributed by atoms with Crippen LogP contribution in [0.1, 0.15) is 41.5 Å². The zero-order valence-electron chi connectivity index (χ0n) is 11.3. The highest BCUT2D eigenvalue weighted by Gasteiger charge is 2.33. The van der Waals surface area contributed by atoms with Gasteiger partial charge in [-0.1, -0.05) is 42.0 Å². The lowest BCUT2D eigenvalue weighted by atomic mass is 9.95. The lowest BCUT2D eigenvalue weighted by molar-refractivity contribution is 0.410. The lowest BCUT2D eigenvalue weighted by Crippen LogP contribution is -2.25. The maximum absolute atomic E-state index is 3.65. The summed E-state index contributed by atoms with van der Waals surface area (Å²) in [6.45, 7) is 3.31. The fourth-order valence-corrected chi connectivity index (χ4v) is 3.61. The number of nitrogens with one attached hydrogen (secondary N) is 1. The Morgan fingerprint density at radius 3 is 2.58 bits per heavy atom. The molecule has 2 aromatic carbocycles. The van der Waals surface area contributed by atoms with Gasteiger partial charge in [0.25, 0.3) is 0 Å². The molecule has 1 aliphatic heterocycles. The Balaban J connectivity index is 1.78. The van der Waals surface area contributed by atoms with Crippen LogP contribution in [-0.2, 0) is 0 Å². The first kappa shape index (κ1) is 11.2. The van der Waals surface area contributed by atoms with E-state index in [-0.39, 0.29) is 0 Å². The maximum Gasteiger partial charge on any atom is 0.0329 e. The second-order valence-electron chi connectivity index (χ2n) is 5.94. The molecule has 1 aliphatic carbocycles. The minimum absolute atomic E-state index is 0.596. The van der Waals surface area contributed by atoms with Crippen LogP contribution in [-0.4, -0.2) is 6.54 Å². The molecule has 0 unspecified atom stereocenters. The molecule has 2 atom stereocenters. The highest BCUT2D eigenvalue weighted by Crippen LogP contribution is 2.45. The van der Waals surface area contributed by atoms with E-state index < -0.39 is 0 Å². The summed E-state index contributed by atoms with van der Waals surface area (Å²) in [6.07, 6.45) is 2.60. The summed E-state index contributed by atoms with van der Waals surface area (Å²) in [7, 11) is 0. The molecule has 1 heteroatoms. The molecule has 2 bridgehead atoms. The van der Waals surface area contributed by atoms with Crippen LogP contribution in [0.2, 0.25) is 0 Å². The molecular formula is C18H19N. The van der Waals surface area contributed by atoms with Crippen LogP contribution < -0.4 is 5.32 Å². The molecule has 1 heterocycles. The minimum atomic E-state index is 0.596. The van der Waals surface area contributed by atoms with Gasteiger partial charge in [0.1, 0.15) is 0 Å². The third kappa shape index (κ3) is 1.81. The average molecular weight is 249 g/mol. The van der Waals surface area contributed by atoms with Gasteiger partial charge in [-0.3, -0.25) is 0 Å². The molecule has 0 saturated carbocycles. The Morgan fingerprint density at radius 1 is 0.947 bits per heavy atom. The van der Waals surface area contributed by atoms with Gasteiger partial charge < -0.3 is 5.32 Å². The van der Waals surface area contributed by atoms with Crippen LogP contribution in [0.3, 0.4) is 0 Å². The summed E-state index contributed by atoms with van der Waals surface area (Å²) < 4.78 is 0. The predicted octanol–water partition coefficient (Wildman–Crippen LogP) is 4.18. The first-order chi connectivity index (χ1) is 9.31. The molecule has 1 fully saturated rings. The largest absolute Gasteiger partial charge is 0.310 e. The van der Waals surface area contributed by atoms with E-state index in [1.807, 2.05) is 0 Å². The zero-order chi connectivity index (χ0) is 12.8. The quantitative estimate of drug-likeness (QED) is 0.799. The maximum atomic E-state index is 3.65. The molecule has 0 radical (unpaired) electrons. The molecular weight excluding hydrogens is 230 g/mol. The molecule has 2 aromatic rings. The second kappa shape index (κ2) is 4.21. The van der Waals surface area contributed by atoms with Crippen LogP contribution in [0.4, 0.5) is 0 Å². The third-order valence-corrected chi connectivity index (χ3v) is 4.69. The number of piperidine rings is 1. The fourth-order valence-electron chi connectivity index (χ4n) is 3.61. The van der Waals surface area contributed by atoms with Crippen molar-refractivity contribution in [2.24, 2.45) is 0 Å². The van der Waals surface area contributed by atoms with E-state index in [1.54, 1.807) is 11.1 Å². The Morgan fingerprint density at radius 2 is 1.74 bits per heavy atom. The van der Waals surface area contributed by atoms with Crippen molar-refractivity contribution >= 4 is 0 Å². The van der Waals surface area contributed by atoms with Crippen LogP contribution in [0.5, 0.6) is 0 Å². The van der Waals surface area contributed by atoms with Crippen molar-refractivity contribution in [3.8, 4) is 11.1 Å². The van der Waals surface area contributed by atoms with E-state index in [1.165, 1.54) is 36.1 Å². The number of benzene rings is 2. The first-order valence-corrected chi connectivity index (χ1v) is 7.25. The van der Waals surface area contributed by atoms with Gasteiger partial charge in [0.2, 0.25) is 0 Å². The van der Waals surface area contributed by atoms with Crippen molar-refractivity contribution in [1.82, 2.24) is 5.32 Å². The van der Waals surface area contributed by atoms with Crippen molar-refractivity contribution in [3.05, 3.63) is 59.2 Å². The summed E-state index contributed by atoms with van der Waals surface area (Å²) in [5, 5.41) is 3.65. The smallest absolute Gasteiger partial charge is 0.0329 e. The lowest BCUT2D eigenvalue weighted by Gasteiger charge is -2.20. The van der Waals surface area contributed by atoms with Crippen LogP contribution in [0, 0.1) is 6.92 Å². The van der Waals surface area contributed by atoms with Crippen molar-refractivity contribution in [2.45, 2.75) is 31.7 Å². The summed E-state index contributed by atoms with van der Waals surface area (Å²) >= 11 is 0. The van der Waals surface area contributed by atoms with Gasteiger partial charge in [-0.15, -0.1) is 0 Å². The summed E-state index contributed by atoms with van der Waals surface area (Å²) in [5.74, 6) is 0.799. The van der Waals surface area contributed by atoms with Crippen LogP contribution in [0.15, 0.2) is 42.5 Å². The Kier molecular flexibility index (Phi) is 2.49. The summed E-state index contributed by atoms with van der Waals surface area (Å²) in [6, 6.07) is 16.5. The molecule has 0 amide bonds. The number of rotatable bonds is 1. The Bertz CT molecular complexity index is 612. The van der Waals surface area contributed by atoms with Gasteiger partial charge in [-0.25, -0.2) is 0 Å². The van der Waals surface area contributed by atoms with Crippen molar-refractivity contribution in [3.63, 3.8) is 0 Å². The highest BCUT2D eigenvalue weighted by molar-refractivity contribution is 5.66. The Labute approximate surface area is 114 Å². The second-order valence-corrected chi connectivity index (χ2v) is 5.94. The van der Waals surface area contributed by atoms with E-state index in [2.05, 4.69) is 54.7 Å².